The number of rotatable bonds is 5. The van der Waals surface area contributed by atoms with E-state index in [1.807, 2.05) is 30.5 Å². The second-order valence-electron chi connectivity index (χ2n) is 6.85. The van der Waals surface area contributed by atoms with Crippen LogP contribution in [0.3, 0.4) is 0 Å². The molecule has 1 aliphatic rings. The highest BCUT2D eigenvalue weighted by Crippen LogP contribution is 2.40. The largest absolute Gasteiger partial charge is 0.503 e. The summed E-state index contributed by atoms with van der Waals surface area (Å²) in [5, 5.41) is 11.9. The van der Waals surface area contributed by atoms with Crippen LogP contribution in [0.25, 0.3) is 10.9 Å². The molecular formula is C22H19ClN2O3. The Labute approximate surface area is 167 Å². The molecule has 6 heteroatoms. The van der Waals surface area contributed by atoms with Gasteiger partial charge in [0.15, 0.2) is 11.5 Å². The van der Waals surface area contributed by atoms with Gasteiger partial charge in [0.05, 0.1) is 11.6 Å². The predicted molar refractivity (Wildman–Crippen MR) is 108 cm³/mol. The van der Waals surface area contributed by atoms with E-state index in [9.17, 15) is 14.7 Å². The number of H-pyrrole nitrogens is 1. The number of hydrogen-bond donors (Lipinski definition) is 2. The van der Waals surface area contributed by atoms with Crippen molar-refractivity contribution >= 4 is 34.2 Å². The van der Waals surface area contributed by atoms with Gasteiger partial charge in [0.1, 0.15) is 0 Å². The van der Waals surface area contributed by atoms with Gasteiger partial charge in [-0.3, -0.25) is 9.59 Å². The lowest BCUT2D eigenvalue weighted by Crippen LogP contribution is -2.33. The zero-order chi connectivity index (χ0) is 19.8. The third kappa shape index (κ3) is 2.98. The SMILES string of the molecule is CC(=O)C1=C(O)C(=O)N(CCc2c[nH]c3ccccc23)[C@H]1c1ccccc1Cl. The third-order valence-electron chi connectivity index (χ3n) is 5.18. The lowest BCUT2D eigenvalue weighted by Gasteiger charge is -2.27. The van der Waals surface area contributed by atoms with Crippen LogP contribution in [0.15, 0.2) is 66.1 Å². The standard InChI is InChI=1S/C22H19ClN2O3/c1-13(26)19-20(16-7-2-4-8-17(16)23)25(22(28)21(19)27)11-10-14-12-24-18-9-5-3-6-15(14)18/h2-9,12,20,24,27H,10-11H2,1H3/t20-/m0/s1. The Morgan fingerprint density at radius 3 is 2.64 bits per heavy atom. The lowest BCUT2D eigenvalue weighted by atomic mass is 9.96. The van der Waals surface area contributed by atoms with Gasteiger partial charge < -0.3 is 15.0 Å². The summed E-state index contributed by atoms with van der Waals surface area (Å²) in [7, 11) is 0. The Bertz CT molecular complexity index is 1120. The summed E-state index contributed by atoms with van der Waals surface area (Å²) in [6, 6.07) is 14.3. The number of aromatic amines is 1. The fourth-order valence-electron chi connectivity index (χ4n) is 3.84. The van der Waals surface area contributed by atoms with E-state index in [1.165, 1.54) is 11.8 Å². The minimum atomic E-state index is -0.691. The molecule has 2 N–H and O–H groups in total. The second kappa shape index (κ2) is 7.17. The van der Waals surface area contributed by atoms with E-state index in [0.717, 1.165) is 16.5 Å². The van der Waals surface area contributed by atoms with Crippen molar-refractivity contribution in [3.63, 3.8) is 0 Å². The molecule has 0 bridgehead atoms. The molecule has 2 heterocycles. The van der Waals surface area contributed by atoms with Gasteiger partial charge in [-0.15, -0.1) is 0 Å². The van der Waals surface area contributed by atoms with Crippen LogP contribution >= 0.6 is 11.6 Å². The van der Waals surface area contributed by atoms with Gasteiger partial charge in [0, 0.05) is 28.7 Å². The Hall–Kier alpha value is -3.05. The molecule has 0 unspecified atom stereocenters. The number of amides is 1. The number of Topliss-reactive ketones (excluding diaryl/α,β-unsaturated/α-hetero) is 1. The highest BCUT2D eigenvalue weighted by atomic mass is 35.5. The second-order valence-corrected chi connectivity index (χ2v) is 7.26. The molecule has 5 nitrogen and oxygen atoms in total. The number of para-hydroxylation sites is 1. The highest BCUT2D eigenvalue weighted by Gasteiger charge is 2.42. The van der Waals surface area contributed by atoms with Crippen molar-refractivity contribution in [1.29, 1.82) is 0 Å². The van der Waals surface area contributed by atoms with Crippen LogP contribution in [0.1, 0.15) is 24.1 Å². The molecule has 3 aromatic rings. The van der Waals surface area contributed by atoms with Crippen molar-refractivity contribution in [3.8, 4) is 0 Å². The first-order valence-corrected chi connectivity index (χ1v) is 9.41. The molecule has 1 atom stereocenters. The van der Waals surface area contributed by atoms with Gasteiger partial charge in [0.25, 0.3) is 5.91 Å². The molecule has 0 radical (unpaired) electrons. The number of aromatic nitrogens is 1. The van der Waals surface area contributed by atoms with Crippen molar-refractivity contribution in [3.05, 3.63) is 82.2 Å². The van der Waals surface area contributed by atoms with E-state index in [4.69, 9.17) is 11.6 Å². The van der Waals surface area contributed by atoms with Crippen molar-refractivity contribution in [1.82, 2.24) is 9.88 Å². The van der Waals surface area contributed by atoms with E-state index in [2.05, 4.69) is 4.98 Å². The molecule has 0 aliphatic carbocycles. The number of hydrogen-bond acceptors (Lipinski definition) is 3. The maximum Gasteiger partial charge on any atom is 0.290 e. The van der Waals surface area contributed by atoms with Crippen LogP contribution in [0.2, 0.25) is 5.02 Å². The van der Waals surface area contributed by atoms with Crippen LogP contribution in [0.4, 0.5) is 0 Å². The van der Waals surface area contributed by atoms with Gasteiger partial charge in [-0.1, -0.05) is 48.0 Å². The fourth-order valence-corrected chi connectivity index (χ4v) is 4.08. The summed E-state index contributed by atoms with van der Waals surface area (Å²) in [5.74, 6) is -1.38. The Morgan fingerprint density at radius 1 is 1.18 bits per heavy atom. The van der Waals surface area contributed by atoms with E-state index < -0.39 is 17.7 Å². The van der Waals surface area contributed by atoms with E-state index >= 15 is 0 Å². The fraction of sp³-hybridized carbons (Fsp3) is 0.182. The van der Waals surface area contributed by atoms with Crippen LogP contribution in [-0.4, -0.2) is 33.2 Å². The van der Waals surface area contributed by atoms with Gasteiger partial charge >= 0.3 is 0 Å². The monoisotopic (exact) mass is 394 g/mol. The molecule has 0 saturated carbocycles. The predicted octanol–water partition coefficient (Wildman–Crippen LogP) is 4.35. The lowest BCUT2D eigenvalue weighted by molar-refractivity contribution is -0.129. The van der Waals surface area contributed by atoms with Crippen molar-refractivity contribution in [2.45, 2.75) is 19.4 Å². The minimum Gasteiger partial charge on any atom is -0.503 e. The molecular weight excluding hydrogens is 376 g/mol. The number of halogens is 1. The summed E-state index contributed by atoms with van der Waals surface area (Å²) < 4.78 is 0. The molecule has 1 aromatic heterocycles. The summed E-state index contributed by atoms with van der Waals surface area (Å²) in [4.78, 5) is 29.7. The molecule has 142 valence electrons. The van der Waals surface area contributed by atoms with Crippen LogP contribution in [0.5, 0.6) is 0 Å². The molecule has 28 heavy (non-hydrogen) atoms. The number of aliphatic hydroxyl groups is 1. The first-order chi connectivity index (χ1) is 13.5. The summed E-state index contributed by atoms with van der Waals surface area (Å²) in [6.07, 6.45) is 2.50. The first kappa shape index (κ1) is 18.3. The minimum absolute atomic E-state index is 0.0945. The number of ketones is 1. The topological polar surface area (TPSA) is 73.4 Å². The smallest absolute Gasteiger partial charge is 0.290 e. The number of fused-ring (bicyclic) bond motifs is 1. The van der Waals surface area contributed by atoms with E-state index in [1.54, 1.807) is 24.3 Å². The Morgan fingerprint density at radius 2 is 1.89 bits per heavy atom. The maximum atomic E-state index is 12.8. The number of carbonyl (C=O) groups is 2. The Balaban J connectivity index is 1.69. The van der Waals surface area contributed by atoms with Crippen molar-refractivity contribution in [2.75, 3.05) is 6.54 Å². The zero-order valence-electron chi connectivity index (χ0n) is 15.3. The highest BCUT2D eigenvalue weighted by molar-refractivity contribution is 6.31. The van der Waals surface area contributed by atoms with Crippen LogP contribution in [0, 0.1) is 0 Å². The molecule has 1 amide bonds. The van der Waals surface area contributed by atoms with E-state index in [-0.39, 0.29) is 11.4 Å². The summed E-state index contributed by atoms with van der Waals surface area (Å²) >= 11 is 6.35. The average Bonchev–Trinajstić information content (AvgIpc) is 3.20. The number of nitrogens with zero attached hydrogens (tertiary/aromatic N) is 1. The maximum absolute atomic E-state index is 12.8. The summed E-state index contributed by atoms with van der Waals surface area (Å²) in [5.41, 5.74) is 2.82. The van der Waals surface area contributed by atoms with Gasteiger partial charge in [0.2, 0.25) is 0 Å². The average molecular weight is 395 g/mol. The third-order valence-corrected chi connectivity index (χ3v) is 5.52. The number of aliphatic hydroxyl groups excluding tert-OH is 1. The molecule has 0 saturated heterocycles. The molecule has 2 aromatic carbocycles. The molecule has 0 fully saturated rings. The van der Waals surface area contributed by atoms with E-state index in [0.29, 0.717) is 23.6 Å². The number of carbonyl (C=O) groups excluding carboxylic acids is 2. The van der Waals surface area contributed by atoms with Crippen molar-refractivity contribution in [2.24, 2.45) is 0 Å². The van der Waals surface area contributed by atoms with Crippen LogP contribution < -0.4 is 0 Å². The number of nitrogens with one attached hydrogen (secondary N) is 1. The normalized spacial score (nSPS) is 17.0. The molecule has 0 spiro atoms. The van der Waals surface area contributed by atoms with Crippen LogP contribution in [-0.2, 0) is 16.0 Å². The molecule has 4 rings (SSSR count). The van der Waals surface area contributed by atoms with Crippen molar-refractivity contribution < 1.29 is 14.7 Å². The molecule has 1 aliphatic heterocycles. The van der Waals surface area contributed by atoms with Gasteiger partial charge in [-0.05, 0) is 36.6 Å². The zero-order valence-corrected chi connectivity index (χ0v) is 16.0. The van der Waals surface area contributed by atoms with Gasteiger partial charge in [-0.25, -0.2) is 0 Å². The quantitative estimate of drug-likeness (QED) is 0.675. The summed E-state index contributed by atoms with van der Waals surface area (Å²) in [6.45, 7) is 1.70. The van der Waals surface area contributed by atoms with Gasteiger partial charge in [-0.2, -0.15) is 0 Å². The Kier molecular flexibility index (Phi) is 4.69. The number of benzene rings is 2. The first-order valence-electron chi connectivity index (χ1n) is 9.03.